The molecule has 0 aromatic rings. The molecule has 6 nitrogen and oxygen atoms in total. The van der Waals surface area contributed by atoms with E-state index in [1.807, 2.05) is 20.8 Å². The minimum Gasteiger partial charge on any atom is -0.382 e. The number of nitrogens with zero attached hydrogens (tertiary/aromatic N) is 1. The Labute approximate surface area is 127 Å². The quantitative estimate of drug-likeness (QED) is 0.640. The monoisotopic (exact) mass is 300 g/mol. The van der Waals surface area contributed by atoms with Crippen LogP contribution in [0.4, 0.5) is 0 Å². The molecule has 122 valence electrons. The summed E-state index contributed by atoms with van der Waals surface area (Å²) in [5.74, 6) is 0.308. The van der Waals surface area contributed by atoms with Crippen LogP contribution >= 0.6 is 0 Å². The van der Waals surface area contributed by atoms with Crippen LogP contribution in [0.2, 0.25) is 0 Å². The lowest BCUT2D eigenvalue weighted by molar-refractivity contribution is -0.150. The fourth-order valence-corrected chi connectivity index (χ4v) is 2.54. The van der Waals surface area contributed by atoms with Crippen LogP contribution in [-0.4, -0.2) is 62.3 Å². The molecule has 0 radical (unpaired) electrons. The molecular weight excluding hydrogens is 272 g/mol. The zero-order chi connectivity index (χ0) is 15.8. The number of carbonyl (C=O) groups excluding carboxylic acids is 2. The first-order valence-corrected chi connectivity index (χ1v) is 7.68. The molecule has 0 aromatic heterocycles. The van der Waals surface area contributed by atoms with Crippen molar-refractivity contribution in [3.8, 4) is 0 Å². The van der Waals surface area contributed by atoms with Gasteiger partial charge in [-0.2, -0.15) is 0 Å². The number of piperazine rings is 1. The molecule has 1 rings (SSSR count). The summed E-state index contributed by atoms with van der Waals surface area (Å²) in [6.07, 6.45) is 1.28. The minimum absolute atomic E-state index is 0.00508. The smallest absolute Gasteiger partial charge is 0.245 e. The van der Waals surface area contributed by atoms with Crippen molar-refractivity contribution in [2.45, 2.75) is 45.7 Å². The summed E-state index contributed by atoms with van der Waals surface area (Å²) in [6, 6.07) is -0.786. The predicted octanol–water partition coefficient (Wildman–Crippen LogP) is 0.801. The lowest BCUT2D eigenvalue weighted by atomic mass is 9.98. The van der Waals surface area contributed by atoms with E-state index in [9.17, 15) is 9.59 Å². The highest BCUT2D eigenvalue weighted by molar-refractivity contribution is 5.96. The minimum atomic E-state index is -0.403. The number of nitrogens with one attached hydrogen (secondary N) is 1. The molecule has 1 heterocycles. The Morgan fingerprint density at radius 2 is 1.95 bits per heavy atom. The SMILES string of the molecule is CCC1C(=O)NC(CC(C)C)C(=O)N1CCOCCOC. The molecule has 0 bridgehead atoms. The van der Waals surface area contributed by atoms with E-state index in [4.69, 9.17) is 9.47 Å². The molecule has 1 fully saturated rings. The van der Waals surface area contributed by atoms with Gasteiger partial charge >= 0.3 is 0 Å². The normalized spacial score (nSPS) is 22.8. The number of carbonyl (C=O) groups is 2. The van der Waals surface area contributed by atoms with Gasteiger partial charge in [0.1, 0.15) is 12.1 Å². The number of rotatable bonds is 9. The number of amides is 2. The second-order valence-electron chi connectivity index (χ2n) is 5.75. The van der Waals surface area contributed by atoms with Gasteiger partial charge in [0.05, 0.1) is 19.8 Å². The largest absolute Gasteiger partial charge is 0.382 e. The zero-order valence-electron chi connectivity index (χ0n) is 13.6. The molecule has 2 amide bonds. The van der Waals surface area contributed by atoms with Crippen LogP contribution in [0.3, 0.4) is 0 Å². The second kappa shape index (κ2) is 9.00. The standard InChI is InChI=1S/C15H28N2O4/c1-5-13-14(18)16-12(10-11(2)3)15(19)17(13)6-7-21-9-8-20-4/h11-13H,5-10H2,1-4H3,(H,16,18). The van der Waals surface area contributed by atoms with E-state index in [1.54, 1.807) is 12.0 Å². The van der Waals surface area contributed by atoms with Crippen molar-refractivity contribution in [3.05, 3.63) is 0 Å². The van der Waals surface area contributed by atoms with Gasteiger partial charge in [0.25, 0.3) is 0 Å². The van der Waals surface area contributed by atoms with Crippen molar-refractivity contribution in [3.63, 3.8) is 0 Å². The third-order valence-corrected chi connectivity index (χ3v) is 3.58. The molecule has 2 unspecified atom stereocenters. The van der Waals surface area contributed by atoms with Crippen LogP contribution in [0.15, 0.2) is 0 Å². The van der Waals surface area contributed by atoms with Gasteiger partial charge in [-0.1, -0.05) is 20.8 Å². The fourth-order valence-electron chi connectivity index (χ4n) is 2.54. The molecule has 0 spiro atoms. The Morgan fingerprint density at radius 3 is 2.52 bits per heavy atom. The molecule has 1 aliphatic heterocycles. The number of hydrogen-bond acceptors (Lipinski definition) is 4. The average molecular weight is 300 g/mol. The third kappa shape index (κ3) is 5.28. The summed E-state index contributed by atoms with van der Waals surface area (Å²) in [5, 5.41) is 2.85. The molecule has 0 aromatic carbocycles. The van der Waals surface area contributed by atoms with E-state index in [1.165, 1.54) is 0 Å². The Hall–Kier alpha value is -1.14. The number of hydrogen-bond donors (Lipinski definition) is 1. The van der Waals surface area contributed by atoms with Crippen molar-refractivity contribution < 1.29 is 19.1 Å². The third-order valence-electron chi connectivity index (χ3n) is 3.58. The number of methoxy groups -OCH3 is 1. The zero-order valence-corrected chi connectivity index (χ0v) is 13.6. The van der Waals surface area contributed by atoms with Gasteiger partial charge in [0.15, 0.2) is 0 Å². The molecular formula is C15H28N2O4. The molecule has 0 saturated carbocycles. The summed E-state index contributed by atoms with van der Waals surface area (Å²) < 4.78 is 10.3. The van der Waals surface area contributed by atoms with Gasteiger partial charge in [0, 0.05) is 13.7 Å². The van der Waals surface area contributed by atoms with Crippen molar-refractivity contribution in [2.24, 2.45) is 5.92 Å². The molecule has 0 aliphatic carbocycles. The van der Waals surface area contributed by atoms with Crippen LogP contribution < -0.4 is 5.32 Å². The van der Waals surface area contributed by atoms with Gasteiger partial charge < -0.3 is 19.7 Å². The molecule has 1 N–H and O–H groups in total. The lowest BCUT2D eigenvalue weighted by Crippen LogP contribution is -2.63. The van der Waals surface area contributed by atoms with Crippen LogP contribution in [0, 0.1) is 5.92 Å². The van der Waals surface area contributed by atoms with Crippen molar-refractivity contribution in [2.75, 3.05) is 33.5 Å². The van der Waals surface area contributed by atoms with E-state index in [2.05, 4.69) is 5.32 Å². The van der Waals surface area contributed by atoms with Crippen molar-refractivity contribution in [1.29, 1.82) is 0 Å². The molecule has 1 aliphatic rings. The van der Waals surface area contributed by atoms with Crippen LogP contribution in [0.1, 0.15) is 33.6 Å². The topological polar surface area (TPSA) is 67.9 Å². The summed E-state index contributed by atoms with van der Waals surface area (Å²) in [7, 11) is 1.62. The van der Waals surface area contributed by atoms with Gasteiger partial charge in [-0.15, -0.1) is 0 Å². The summed E-state index contributed by atoms with van der Waals surface area (Å²) in [5.41, 5.74) is 0. The maximum Gasteiger partial charge on any atom is 0.245 e. The summed E-state index contributed by atoms with van der Waals surface area (Å²) >= 11 is 0. The van der Waals surface area contributed by atoms with E-state index >= 15 is 0 Å². The first-order chi connectivity index (χ1) is 10.0. The van der Waals surface area contributed by atoms with E-state index in [0.29, 0.717) is 45.1 Å². The highest BCUT2D eigenvalue weighted by Gasteiger charge is 2.39. The van der Waals surface area contributed by atoms with Gasteiger partial charge in [0.2, 0.25) is 11.8 Å². The molecule has 1 saturated heterocycles. The van der Waals surface area contributed by atoms with E-state index in [0.717, 1.165) is 0 Å². The van der Waals surface area contributed by atoms with Crippen LogP contribution in [0.25, 0.3) is 0 Å². The maximum atomic E-state index is 12.5. The Morgan fingerprint density at radius 1 is 1.24 bits per heavy atom. The summed E-state index contributed by atoms with van der Waals surface area (Å²) in [6.45, 7) is 7.90. The lowest BCUT2D eigenvalue weighted by Gasteiger charge is -2.39. The molecule has 21 heavy (non-hydrogen) atoms. The van der Waals surface area contributed by atoms with Crippen LogP contribution in [0.5, 0.6) is 0 Å². The first kappa shape index (κ1) is 17.9. The van der Waals surface area contributed by atoms with E-state index in [-0.39, 0.29) is 17.9 Å². The summed E-state index contributed by atoms with van der Waals surface area (Å²) in [4.78, 5) is 26.3. The van der Waals surface area contributed by atoms with Crippen molar-refractivity contribution in [1.82, 2.24) is 10.2 Å². The Balaban J connectivity index is 2.61. The molecule has 6 heteroatoms. The van der Waals surface area contributed by atoms with Gasteiger partial charge in [-0.25, -0.2) is 0 Å². The first-order valence-electron chi connectivity index (χ1n) is 7.68. The second-order valence-corrected chi connectivity index (χ2v) is 5.75. The van der Waals surface area contributed by atoms with Gasteiger partial charge in [-0.05, 0) is 18.8 Å². The van der Waals surface area contributed by atoms with Gasteiger partial charge in [-0.3, -0.25) is 9.59 Å². The van der Waals surface area contributed by atoms with E-state index < -0.39 is 6.04 Å². The Bertz CT molecular complexity index is 347. The Kier molecular flexibility index (Phi) is 7.67. The number of ether oxygens (including phenoxy) is 2. The maximum absolute atomic E-state index is 12.5. The van der Waals surface area contributed by atoms with Crippen molar-refractivity contribution >= 4 is 11.8 Å². The fraction of sp³-hybridized carbons (Fsp3) is 0.867. The predicted molar refractivity (Wildman–Crippen MR) is 79.9 cm³/mol. The highest BCUT2D eigenvalue weighted by atomic mass is 16.5. The highest BCUT2D eigenvalue weighted by Crippen LogP contribution is 2.17. The van der Waals surface area contributed by atoms with Crippen LogP contribution in [-0.2, 0) is 19.1 Å². The average Bonchev–Trinajstić information content (AvgIpc) is 2.42. The molecule has 2 atom stereocenters.